The molecule has 0 heterocycles. The van der Waals surface area contributed by atoms with Crippen molar-refractivity contribution in [3.05, 3.63) is 53.6 Å². The summed E-state index contributed by atoms with van der Waals surface area (Å²) in [6.07, 6.45) is -4.53. The van der Waals surface area contributed by atoms with Gasteiger partial charge in [-0.15, -0.1) is 0 Å². The molecule has 7 nitrogen and oxygen atoms in total. The van der Waals surface area contributed by atoms with E-state index in [9.17, 15) is 22.8 Å². The first-order valence-corrected chi connectivity index (χ1v) is 9.62. The molecule has 0 aliphatic heterocycles. The third kappa shape index (κ3) is 5.83. The van der Waals surface area contributed by atoms with Crippen LogP contribution in [0.25, 0.3) is 0 Å². The lowest BCUT2D eigenvalue weighted by atomic mass is 9.97. The number of nitrogens with zero attached hydrogens (tertiary/aromatic N) is 1. The highest BCUT2D eigenvalue weighted by molar-refractivity contribution is 5.92. The summed E-state index contributed by atoms with van der Waals surface area (Å²) in [4.78, 5) is 30.3. The Kier molecular flexibility index (Phi) is 8.34. The molecule has 0 saturated heterocycles. The Morgan fingerprint density at radius 1 is 1.00 bits per heavy atom. The molecule has 1 atom stereocenters. The first kappa shape index (κ1) is 24.8. The summed E-state index contributed by atoms with van der Waals surface area (Å²) >= 11 is 0. The van der Waals surface area contributed by atoms with E-state index < -0.39 is 24.0 Å². The minimum atomic E-state index is -4.87. The summed E-state index contributed by atoms with van der Waals surface area (Å²) in [5.74, 6) is -4.12. The van der Waals surface area contributed by atoms with Crippen LogP contribution >= 0.6 is 0 Å². The maximum absolute atomic E-state index is 13.9. The summed E-state index contributed by atoms with van der Waals surface area (Å²) in [6, 6.07) is 9.18. The lowest BCUT2D eigenvalue weighted by Gasteiger charge is -2.28. The van der Waals surface area contributed by atoms with E-state index in [1.54, 1.807) is 6.92 Å². The number of amides is 1. The molecule has 1 amide bonds. The molecular weight excluding hydrogens is 431 g/mol. The number of rotatable bonds is 9. The zero-order valence-electron chi connectivity index (χ0n) is 18.1. The van der Waals surface area contributed by atoms with Gasteiger partial charge in [0.05, 0.1) is 27.9 Å². The highest BCUT2D eigenvalue weighted by Crippen LogP contribution is 2.38. The molecular formula is C22H24F3NO6. The Morgan fingerprint density at radius 3 is 2.28 bits per heavy atom. The molecule has 2 aromatic rings. The van der Waals surface area contributed by atoms with E-state index in [1.165, 1.54) is 57.7 Å². The van der Waals surface area contributed by atoms with Crippen molar-refractivity contribution in [2.45, 2.75) is 25.4 Å². The van der Waals surface area contributed by atoms with E-state index in [4.69, 9.17) is 14.3 Å². The normalized spacial score (nSPS) is 12.0. The number of benzene rings is 2. The molecule has 0 bridgehead atoms. The van der Waals surface area contributed by atoms with Gasteiger partial charge in [0.1, 0.15) is 17.1 Å². The van der Waals surface area contributed by atoms with Gasteiger partial charge in [0.25, 0.3) is 5.91 Å². The smallest absolute Gasteiger partial charge is 0.404 e. The van der Waals surface area contributed by atoms with Gasteiger partial charge >= 0.3 is 12.1 Å². The Bertz CT molecular complexity index is 948. The Morgan fingerprint density at radius 2 is 1.72 bits per heavy atom. The van der Waals surface area contributed by atoms with E-state index in [0.717, 1.165) is 6.07 Å². The number of hydrogen-bond acceptors (Lipinski definition) is 6. The van der Waals surface area contributed by atoms with Gasteiger partial charge in [-0.25, -0.2) is 4.79 Å². The quantitative estimate of drug-likeness (QED) is 0.413. The average Bonchev–Trinajstić information content (AvgIpc) is 2.77. The fourth-order valence-corrected chi connectivity index (χ4v) is 2.97. The van der Waals surface area contributed by atoms with Gasteiger partial charge in [0, 0.05) is 6.07 Å². The maximum Gasteiger partial charge on any atom is 0.404 e. The van der Waals surface area contributed by atoms with E-state index >= 15 is 0 Å². The average molecular weight is 455 g/mol. The molecule has 0 radical (unpaired) electrons. The summed E-state index contributed by atoms with van der Waals surface area (Å²) in [7, 11) is 3.83. The number of carbonyl (C=O) groups is 2. The van der Waals surface area contributed by atoms with E-state index in [1.807, 2.05) is 0 Å². The van der Waals surface area contributed by atoms with Gasteiger partial charge in [0.15, 0.2) is 11.7 Å². The SMILES string of the molecule is CCCN(Oc1ccc(C(=O)OC)c(OC)c1)C(=O)[C@H](c1cccc(OC)c1)C(F)(F)F. The lowest BCUT2D eigenvalue weighted by Crippen LogP contribution is -2.43. The van der Waals surface area contributed by atoms with Crippen LogP contribution in [0.2, 0.25) is 0 Å². The number of ether oxygens (including phenoxy) is 3. The topological polar surface area (TPSA) is 74.3 Å². The molecule has 0 aliphatic carbocycles. The number of hydroxylamine groups is 2. The highest BCUT2D eigenvalue weighted by Gasteiger charge is 2.48. The second-order valence-corrected chi connectivity index (χ2v) is 6.64. The predicted octanol–water partition coefficient (Wildman–Crippen LogP) is 4.37. The van der Waals surface area contributed by atoms with E-state index in [0.29, 0.717) is 11.5 Å². The fourth-order valence-electron chi connectivity index (χ4n) is 2.97. The first-order valence-electron chi connectivity index (χ1n) is 9.62. The van der Waals surface area contributed by atoms with Crippen LogP contribution in [0.1, 0.15) is 35.2 Å². The van der Waals surface area contributed by atoms with Crippen LogP contribution in [-0.4, -0.2) is 51.0 Å². The predicted molar refractivity (Wildman–Crippen MR) is 109 cm³/mol. The lowest BCUT2D eigenvalue weighted by molar-refractivity contribution is -0.189. The van der Waals surface area contributed by atoms with Crippen LogP contribution in [0.5, 0.6) is 17.2 Å². The van der Waals surface area contributed by atoms with Crippen molar-refractivity contribution in [2.24, 2.45) is 0 Å². The molecule has 0 aliphatic rings. The Balaban J connectivity index is 2.41. The van der Waals surface area contributed by atoms with Crippen molar-refractivity contribution in [2.75, 3.05) is 27.9 Å². The molecule has 2 aromatic carbocycles. The van der Waals surface area contributed by atoms with Crippen molar-refractivity contribution in [1.82, 2.24) is 5.06 Å². The molecule has 0 aromatic heterocycles. The molecule has 0 saturated carbocycles. The van der Waals surface area contributed by atoms with Crippen molar-refractivity contribution < 1.29 is 41.8 Å². The van der Waals surface area contributed by atoms with Gasteiger partial charge in [-0.3, -0.25) is 4.79 Å². The van der Waals surface area contributed by atoms with Crippen LogP contribution in [0.15, 0.2) is 42.5 Å². The number of carbonyl (C=O) groups excluding carboxylic acids is 2. The van der Waals surface area contributed by atoms with E-state index in [2.05, 4.69) is 4.74 Å². The number of alkyl halides is 3. The van der Waals surface area contributed by atoms with Gasteiger partial charge < -0.3 is 19.0 Å². The molecule has 0 fully saturated rings. The molecule has 2 rings (SSSR count). The summed E-state index contributed by atoms with van der Waals surface area (Å²) in [6.45, 7) is 1.59. The summed E-state index contributed by atoms with van der Waals surface area (Å²) in [5.41, 5.74) is -0.176. The van der Waals surface area contributed by atoms with Crippen LogP contribution in [-0.2, 0) is 9.53 Å². The van der Waals surface area contributed by atoms with Gasteiger partial charge in [-0.1, -0.05) is 19.1 Å². The zero-order chi connectivity index (χ0) is 23.9. The Labute approximate surface area is 183 Å². The molecule has 0 spiro atoms. The highest BCUT2D eigenvalue weighted by atomic mass is 19.4. The minimum absolute atomic E-state index is 0.0165. The number of halogens is 3. The van der Waals surface area contributed by atoms with Gasteiger partial charge in [-0.05, 0) is 36.2 Å². The molecule has 0 N–H and O–H groups in total. The van der Waals surface area contributed by atoms with E-state index in [-0.39, 0.29) is 34.9 Å². The molecule has 174 valence electrons. The van der Waals surface area contributed by atoms with Crippen molar-refractivity contribution in [3.8, 4) is 17.2 Å². The molecule has 10 heteroatoms. The third-order valence-corrected chi connectivity index (χ3v) is 4.47. The molecule has 0 unspecified atom stereocenters. The standard InChI is InChI=1S/C22H24F3NO6/c1-5-11-26(32-16-9-10-17(21(28)31-4)18(13-16)30-3)20(27)19(22(23,24)25)14-7-6-8-15(12-14)29-2/h6-10,12-13,19H,5,11H2,1-4H3/t19-/m0/s1. The van der Waals surface area contributed by atoms with Crippen LogP contribution < -0.4 is 14.3 Å². The number of esters is 1. The second-order valence-electron chi connectivity index (χ2n) is 6.64. The number of hydrogen-bond donors (Lipinski definition) is 0. The number of methoxy groups -OCH3 is 3. The summed E-state index contributed by atoms with van der Waals surface area (Å²) < 4.78 is 56.5. The van der Waals surface area contributed by atoms with Crippen LogP contribution in [0.3, 0.4) is 0 Å². The zero-order valence-corrected chi connectivity index (χ0v) is 18.1. The fraction of sp³-hybridized carbons (Fsp3) is 0.364. The van der Waals surface area contributed by atoms with Gasteiger partial charge in [0.2, 0.25) is 0 Å². The van der Waals surface area contributed by atoms with Crippen LogP contribution in [0.4, 0.5) is 13.2 Å². The summed E-state index contributed by atoms with van der Waals surface area (Å²) in [5, 5.41) is 0.657. The van der Waals surface area contributed by atoms with Crippen molar-refractivity contribution in [3.63, 3.8) is 0 Å². The third-order valence-electron chi connectivity index (χ3n) is 4.47. The molecule has 32 heavy (non-hydrogen) atoms. The van der Waals surface area contributed by atoms with Gasteiger partial charge in [-0.2, -0.15) is 18.2 Å². The van der Waals surface area contributed by atoms with Crippen molar-refractivity contribution in [1.29, 1.82) is 0 Å². The van der Waals surface area contributed by atoms with Crippen molar-refractivity contribution >= 4 is 11.9 Å². The second kappa shape index (κ2) is 10.7. The maximum atomic E-state index is 13.9. The monoisotopic (exact) mass is 455 g/mol. The van der Waals surface area contributed by atoms with Crippen LogP contribution in [0, 0.1) is 0 Å². The Hall–Kier alpha value is -3.43. The minimum Gasteiger partial charge on any atom is -0.497 e. The largest absolute Gasteiger partial charge is 0.497 e. The first-order chi connectivity index (χ1) is 15.2.